The van der Waals surface area contributed by atoms with E-state index in [1.54, 1.807) is 24.9 Å². The van der Waals surface area contributed by atoms with Crippen molar-refractivity contribution in [2.75, 3.05) is 43.4 Å². The van der Waals surface area contributed by atoms with E-state index in [-0.39, 0.29) is 59.6 Å². The molecule has 52 heavy (non-hydrogen) atoms. The van der Waals surface area contributed by atoms with E-state index in [1.807, 2.05) is 56.3 Å². The lowest BCUT2D eigenvalue weighted by Crippen LogP contribution is -2.48. The molecule has 11 nitrogen and oxygen atoms in total. The number of benzene rings is 4. The van der Waals surface area contributed by atoms with Gasteiger partial charge in [0.1, 0.15) is 11.6 Å². The number of amides is 3. The van der Waals surface area contributed by atoms with E-state index < -0.39 is 33.9 Å². The molecular formula is C39H47FN4O7S. The fourth-order valence-electron chi connectivity index (χ4n) is 6.17. The van der Waals surface area contributed by atoms with Gasteiger partial charge in [0.2, 0.25) is 0 Å². The van der Waals surface area contributed by atoms with Crippen molar-refractivity contribution in [1.82, 2.24) is 9.80 Å². The zero-order valence-electron chi connectivity index (χ0n) is 29.9. The summed E-state index contributed by atoms with van der Waals surface area (Å²) in [5.41, 5.74) is 0.913. The van der Waals surface area contributed by atoms with Crippen LogP contribution in [-0.4, -0.2) is 86.9 Å². The van der Waals surface area contributed by atoms with Crippen LogP contribution in [0, 0.1) is 11.7 Å². The van der Waals surface area contributed by atoms with E-state index in [0.29, 0.717) is 18.7 Å². The van der Waals surface area contributed by atoms with E-state index in [4.69, 9.17) is 9.47 Å². The van der Waals surface area contributed by atoms with Gasteiger partial charge in [-0.2, -0.15) is 0 Å². The quantitative estimate of drug-likeness (QED) is 0.182. The molecule has 13 heteroatoms. The van der Waals surface area contributed by atoms with Crippen LogP contribution in [-0.2, 0) is 14.8 Å². The molecule has 0 bridgehead atoms. The Bertz CT molecular complexity index is 1950. The molecular weight excluding hydrogens is 688 g/mol. The summed E-state index contributed by atoms with van der Waals surface area (Å²) in [6.07, 6.45) is 1.45. The smallest absolute Gasteiger partial charge is 0.321 e. The lowest BCUT2D eigenvalue weighted by atomic mass is 10.0. The molecule has 1 aliphatic rings. The molecule has 3 amide bonds. The average Bonchev–Trinajstić information content (AvgIpc) is 3.12. The normalized spacial score (nSPS) is 19.5. The summed E-state index contributed by atoms with van der Waals surface area (Å²) in [5.74, 6) is -1.06. The lowest BCUT2D eigenvalue weighted by molar-refractivity contribution is -0.0115. The van der Waals surface area contributed by atoms with Gasteiger partial charge in [-0.1, -0.05) is 43.3 Å². The first-order chi connectivity index (χ1) is 24.9. The van der Waals surface area contributed by atoms with Crippen LogP contribution in [0.4, 0.5) is 20.6 Å². The second-order valence-electron chi connectivity index (χ2n) is 13.4. The Kier molecular flexibility index (Phi) is 12.7. The van der Waals surface area contributed by atoms with Crippen molar-refractivity contribution in [3.8, 4) is 5.75 Å². The van der Waals surface area contributed by atoms with Gasteiger partial charge in [0.05, 0.1) is 41.0 Å². The van der Waals surface area contributed by atoms with Gasteiger partial charge in [-0.05, 0) is 87.0 Å². The van der Waals surface area contributed by atoms with Crippen molar-refractivity contribution in [3.05, 3.63) is 96.3 Å². The topological polar surface area (TPSA) is 138 Å². The first kappa shape index (κ1) is 38.5. The number of urea groups is 1. The molecule has 0 spiro atoms. The fraction of sp³-hybridized carbons (Fsp3) is 0.385. The van der Waals surface area contributed by atoms with Crippen LogP contribution < -0.4 is 14.8 Å². The summed E-state index contributed by atoms with van der Waals surface area (Å²) in [7, 11) is -2.41. The first-order valence-corrected chi connectivity index (χ1v) is 19.0. The lowest BCUT2D eigenvalue weighted by Gasteiger charge is -2.35. The maximum atomic E-state index is 14.4. The van der Waals surface area contributed by atoms with Crippen LogP contribution in [0.25, 0.3) is 10.8 Å². The highest BCUT2D eigenvalue weighted by Crippen LogP contribution is 2.30. The zero-order chi connectivity index (χ0) is 37.4. The van der Waals surface area contributed by atoms with E-state index in [2.05, 4.69) is 10.0 Å². The van der Waals surface area contributed by atoms with Crippen LogP contribution in [0.1, 0.15) is 50.4 Å². The Morgan fingerprint density at radius 1 is 1.04 bits per heavy atom. The second-order valence-corrected chi connectivity index (χ2v) is 15.1. The molecule has 1 heterocycles. The maximum Gasteiger partial charge on any atom is 0.321 e. The Morgan fingerprint density at radius 2 is 1.77 bits per heavy atom. The third-order valence-corrected chi connectivity index (χ3v) is 10.7. The Balaban J connectivity index is 1.40. The molecule has 0 aliphatic carbocycles. The van der Waals surface area contributed by atoms with Crippen LogP contribution in [0.3, 0.4) is 0 Å². The molecule has 1 aliphatic heterocycles. The van der Waals surface area contributed by atoms with Crippen molar-refractivity contribution in [2.45, 2.75) is 63.2 Å². The summed E-state index contributed by atoms with van der Waals surface area (Å²) in [6, 6.07) is 21.5. The number of hydrogen-bond donors (Lipinski definition) is 3. The van der Waals surface area contributed by atoms with Gasteiger partial charge >= 0.3 is 6.03 Å². The molecule has 0 fully saturated rings. The molecule has 5 rings (SSSR count). The first-order valence-electron chi connectivity index (χ1n) is 17.5. The number of rotatable bonds is 8. The van der Waals surface area contributed by atoms with Gasteiger partial charge in [0.25, 0.3) is 15.9 Å². The molecule has 4 atom stereocenters. The van der Waals surface area contributed by atoms with E-state index in [1.165, 1.54) is 17.0 Å². The second kappa shape index (κ2) is 17.2. The number of carbonyl (C=O) groups excluding carboxylic acids is 2. The summed E-state index contributed by atoms with van der Waals surface area (Å²) < 4.78 is 54.9. The van der Waals surface area contributed by atoms with Crippen molar-refractivity contribution >= 4 is 44.1 Å². The van der Waals surface area contributed by atoms with Crippen LogP contribution >= 0.6 is 0 Å². The number of likely N-dealkylation sites (N-methyl/N-ethyl adjacent to an activating group) is 1. The zero-order valence-corrected chi connectivity index (χ0v) is 30.7. The molecule has 0 saturated carbocycles. The van der Waals surface area contributed by atoms with Crippen molar-refractivity contribution in [1.29, 1.82) is 0 Å². The van der Waals surface area contributed by atoms with Gasteiger partial charge in [-0.15, -0.1) is 0 Å². The molecule has 3 N–H and O–H groups in total. The highest BCUT2D eigenvalue weighted by Gasteiger charge is 2.31. The van der Waals surface area contributed by atoms with Gasteiger partial charge in [-0.25, -0.2) is 17.6 Å². The van der Waals surface area contributed by atoms with Crippen LogP contribution in [0.5, 0.6) is 5.75 Å². The van der Waals surface area contributed by atoms with Crippen molar-refractivity contribution < 1.29 is 37.0 Å². The minimum Gasteiger partial charge on any atom is -0.490 e. The standard InChI is InChI=1S/C39H47FN4O7S/c1-26-23-44(27(2)25-45)38(46)34-22-31(42-52(48,49)32-18-15-30(40)16-19-32)17-20-36(34)51-28(3)10-7-8-21-50-37(26)24-43(4)39(47)41-35-14-9-12-29-11-5-6-13-33(29)35/h5-6,9,11-20,22,26-28,37,42,45H,7-8,10,21,23-25H2,1-4H3,(H,41,47)/t26-,27+,28+,37-/m1/s1. The highest BCUT2D eigenvalue weighted by atomic mass is 32.2. The molecule has 0 aromatic heterocycles. The molecule has 0 radical (unpaired) electrons. The molecule has 4 aromatic carbocycles. The average molecular weight is 735 g/mol. The summed E-state index contributed by atoms with van der Waals surface area (Å²) in [6.45, 7) is 6.05. The Hall–Kier alpha value is -4.72. The third-order valence-electron chi connectivity index (χ3n) is 9.26. The monoisotopic (exact) mass is 734 g/mol. The summed E-state index contributed by atoms with van der Waals surface area (Å²) in [4.78, 5) is 30.8. The predicted octanol–water partition coefficient (Wildman–Crippen LogP) is 6.74. The van der Waals surface area contributed by atoms with E-state index >= 15 is 0 Å². The van der Waals surface area contributed by atoms with Crippen LogP contribution in [0.15, 0.2) is 89.8 Å². The van der Waals surface area contributed by atoms with Gasteiger partial charge in [0.15, 0.2) is 0 Å². The number of nitrogens with one attached hydrogen (secondary N) is 2. The number of carbonyl (C=O) groups is 2. The number of anilines is 2. The Morgan fingerprint density at radius 3 is 2.52 bits per heavy atom. The molecule has 0 unspecified atom stereocenters. The van der Waals surface area contributed by atoms with Crippen LogP contribution in [0.2, 0.25) is 0 Å². The number of sulfonamides is 1. The van der Waals surface area contributed by atoms with Gasteiger partial charge in [0, 0.05) is 43.7 Å². The highest BCUT2D eigenvalue weighted by molar-refractivity contribution is 7.92. The number of ether oxygens (including phenoxy) is 2. The minimum atomic E-state index is -4.11. The summed E-state index contributed by atoms with van der Waals surface area (Å²) >= 11 is 0. The SMILES string of the molecule is C[C@@H]1CN([C@@H](C)CO)C(=O)c2cc(NS(=O)(=O)c3ccc(F)cc3)ccc2O[C@@H](C)CCCCO[C@@H]1CN(C)C(=O)Nc1cccc2ccccc12. The largest absolute Gasteiger partial charge is 0.490 e. The summed E-state index contributed by atoms with van der Waals surface area (Å²) in [5, 5.41) is 15.2. The molecule has 0 saturated heterocycles. The fourth-order valence-corrected chi connectivity index (χ4v) is 7.22. The van der Waals surface area contributed by atoms with Gasteiger partial charge < -0.3 is 29.7 Å². The third kappa shape index (κ3) is 9.58. The Labute approximate surface area is 304 Å². The molecule has 4 aromatic rings. The van der Waals surface area contributed by atoms with Crippen molar-refractivity contribution in [3.63, 3.8) is 0 Å². The molecule has 278 valence electrons. The number of aliphatic hydroxyl groups is 1. The predicted molar refractivity (Wildman–Crippen MR) is 200 cm³/mol. The number of nitrogens with zero attached hydrogens (tertiary/aromatic N) is 2. The van der Waals surface area contributed by atoms with E-state index in [9.17, 15) is 27.5 Å². The maximum absolute atomic E-state index is 14.4. The van der Waals surface area contributed by atoms with E-state index in [0.717, 1.165) is 47.9 Å². The number of halogens is 1. The number of hydrogen-bond acceptors (Lipinski definition) is 7. The number of fused-ring (bicyclic) bond motifs is 2. The number of aliphatic hydroxyl groups excluding tert-OH is 1. The minimum absolute atomic E-state index is 0.110. The van der Waals surface area contributed by atoms with Gasteiger partial charge in [-0.3, -0.25) is 9.52 Å². The van der Waals surface area contributed by atoms with Crippen molar-refractivity contribution in [2.24, 2.45) is 5.92 Å².